The number of benzene rings is 2. The lowest BCUT2D eigenvalue weighted by atomic mass is 10.2. The largest absolute Gasteiger partial charge is 0.573 e. The summed E-state index contributed by atoms with van der Waals surface area (Å²) in [6.45, 7) is 0. The molecule has 154 valence electrons. The number of hydrogen-bond donors (Lipinski definition) is 1. The molecule has 0 aliphatic heterocycles. The van der Waals surface area contributed by atoms with Crippen molar-refractivity contribution in [1.82, 2.24) is 9.78 Å². The van der Waals surface area contributed by atoms with Crippen molar-refractivity contribution in [2.75, 3.05) is 0 Å². The molecule has 2 N–H and O–H groups in total. The van der Waals surface area contributed by atoms with Crippen LogP contribution in [0.15, 0.2) is 82.9 Å². The quantitative estimate of drug-likeness (QED) is 0.504. The Morgan fingerprint density at radius 1 is 1.13 bits per heavy atom. The first-order valence-electron chi connectivity index (χ1n) is 8.45. The monoisotopic (exact) mass is 418 g/mol. The smallest absolute Gasteiger partial charge is 0.406 e. The van der Waals surface area contributed by atoms with E-state index in [1.165, 1.54) is 47.3 Å². The lowest BCUT2D eigenvalue weighted by Gasteiger charge is -2.11. The molecule has 0 bridgehead atoms. The second-order valence-electron chi connectivity index (χ2n) is 5.83. The van der Waals surface area contributed by atoms with E-state index < -0.39 is 23.4 Å². The molecule has 1 aromatic heterocycles. The summed E-state index contributed by atoms with van der Waals surface area (Å²) in [5.74, 6) is -1.07. The van der Waals surface area contributed by atoms with Crippen molar-refractivity contribution in [3.8, 4) is 11.4 Å². The highest BCUT2D eigenvalue weighted by molar-refractivity contribution is 6.08. The molecule has 0 saturated carbocycles. The third kappa shape index (κ3) is 5.10. The van der Waals surface area contributed by atoms with Crippen molar-refractivity contribution in [2.24, 2.45) is 10.7 Å². The highest BCUT2D eigenvalue weighted by Gasteiger charge is 2.31. The van der Waals surface area contributed by atoms with Crippen molar-refractivity contribution in [3.63, 3.8) is 0 Å². The van der Waals surface area contributed by atoms with Gasteiger partial charge in [0.25, 0.3) is 0 Å². The minimum absolute atomic E-state index is 0.0235. The topological polar surface area (TPSA) is 82.5 Å². The summed E-state index contributed by atoms with van der Waals surface area (Å²) in [4.78, 5) is 16.5. The van der Waals surface area contributed by atoms with Crippen LogP contribution in [0, 0.1) is 5.82 Å². The van der Waals surface area contributed by atoms with Gasteiger partial charge in [0, 0.05) is 18.3 Å². The second kappa shape index (κ2) is 8.60. The van der Waals surface area contributed by atoms with Gasteiger partial charge in [0.05, 0.1) is 17.1 Å². The van der Waals surface area contributed by atoms with E-state index >= 15 is 0 Å². The van der Waals surface area contributed by atoms with Crippen LogP contribution in [-0.2, 0) is 0 Å². The van der Waals surface area contributed by atoms with E-state index in [0.717, 1.165) is 24.4 Å². The molecule has 0 aliphatic carbocycles. The van der Waals surface area contributed by atoms with Gasteiger partial charge in [0.1, 0.15) is 11.6 Å². The van der Waals surface area contributed by atoms with Gasteiger partial charge < -0.3 is 10.5 Å². The predicted molar refractivity (Wildman–Crippen MR) is 102 cm³/mol. The zero-order valence-electron chi connectivity index (χ0n) is 15.2. The highest BCUT2D eigenvalue weighted by Crippen LogP contribution is 2.24. The maximum absolute atomic E-state index is 14.0. The number of rotatable bonds is 5. The first kappa shape index (κ1) is 20.8. The molecule has 3 aromatic rings. The molecular weight excluding hydrogens is 404 g/mol. The van der Waals surface area contributed by atoms with Crippen LogP contribution in [0.25, 0.3) is 5.69 Å². The Balaban J connectivity index is 2.08. The van der Waals surface area contributed by atoms with E-state index in [4.69, 9.17) is 5.73 Å². The van der Waals surface area contributed by atoms with Crippen LogP contribution in [0.4, 0.5) is 23.2 Å². The maximum Gasteiger partial charge on any atom is 0.573 e. The summed E-state index contributed by atoms with van der Waals surface area (Å²) in [5, 5.41) is 4.13. The molecule has 30 heavy (non-hydrogen) atoms. The number of nitrogens with zero attached hydrogens (tertiary/aromatic N) is 3. The molecule has 0 aliphatic rings. The first-order valence-corrected chi connectivity index (χ1v) is 8.45. The number of para-hydroxylation sites is 1. The Morgan fingerprint density at radius 3 is 2.60 bits per heavy atom. The summed E-state index contributed by atoms with van der Waals surface area (Å²) in [6.07, 6.45) is -1.21. The standard InChI is InChI=1S/C20H14F4N4O2/c21-15-6-1-2-7-16(15)26-17(8-10-25)19-18(29)9-11-28(27-19)13-4-3-5-14(12-13)30-20(22,23)24/h1-12H,25H2. The number of halogens is 4. The van der Waals surface area contributed by atoms with Crippen LogP contribution in [0.2, 0.25) is 0 Å². The van der Waals surface area contributed by atoms with Crippen LogP contribution in [-0.4, -0.2) is 21.9 Å². The van der Waals surface area contributed by atoms with Gasteiger partial charge in [-0.05, 0) is 36.5 Å². The normalized spacial score (nSPS) is 12.3. The molecule has 6 nitrogen and oxygen atoms in total. The summed E-state index contributed by atoms with van der Waals surface area (Å²) in [7, 11) is 0. The Kier molecular flexibility index (Phi) is 5.95. The molecule has 0 fully saturated rings. The SMILES string of the molecule is NC=CC(=Nc1ccccc1F)c1nn(-c2cccc(OC(F)(F)F)c2)ccc1=O. The van der Waals surface area contributed by atoms with Crippen molar-refractivity contribution < 1.29 is 22.3 Å². The van der Waals surface area contributed by atoms with Gasteiger partial charge in [0.15, 0.2) is 5.69 Å². The molecule has 0 saturated heterocycles. The number of ether oxygens (including phenoxy) is 1. The molecule has 0 spiro atoms. The molecule has 10 heteroatoms. The van der Waals surface area contributed by atoms with Gasteiger partial charge in [-0.3, -0.25) is 4.79 Å². The average Bonchev–Trinajstić information content (AvgIpc) is 2.68. The Morgan fingerprint density at radius 2 is 1.90 bits per heavy atom. The van der Waals surface area contributed by atoms with E-state index in [-0.39, 0.29) is 22.8 Å². The highest BCUT2D eigenvalue weighted by atomic mass is 19.4. The summed E-state index contributed by atoms with van der Waals surface area (Å²) in [6, 6.07) is 11.8. The molecule has 0 radical (unpaired) electrons. The molecular formula is C20H14F4N4O2. The number of alkyl halides is 3. The predicted octanol–water partition coefficient (Wildman–Crippen LogP) is 3.86. The summed E-state index contributed by atoms with van der Waals surface area (Å²) < 4.78 is 56.4. The van der Waals surface area contributed by atoms with Gasteiger partial charge in [0.2, 0.25) is 5.43 Å². The third-order valence-electron chi connectivity index (χ3n) is 3.71. The summed E-state index contributed by atoms with van der Waals surface area (Å²) >= 11 is 0. The lowest BCUT2D eigenvalue weighted by Crippen LogP contribution is -2.21. The van der Waals surface area contributed by atoms with E-state index in [1.807, 2.05) is 0 Å². The number of allylic oxidation sites excluding steroid dienone is 1. The van der Waals surface area contributed by atoms with Crippen molar-refractivity contribution in [3.05, 3.63) is 94.8 Å². The van der Waals surface area contributed by atoms with Gasteiger partial charge in [-0.15, -0.1) is 13.2 Å². The minimum Gasteiger partial charge on any atom is -0.406 e. The third-order valence-corrected chi connectivity index (χ3v) is 3.71. The molecule has 0 atom stereocenters. The number of nitrogens with two attached hydrogens (primary N) is 1. The Labute approximate surface area is 167 Å². The molecule has 1 heterocycles. The van der Waals surface area contributed by atoms with E-state index in [2.05, 4.69) is 14.8 Å². The van der Waals surface area contributed by atoms with E-state index in [9.17, 15) is 22.4 Å². The van der Waals surface area contributed by atoms with Gasteiger partial charge >= 0.3 is 6.36 Å². The second-order valence-corrected chi connectivity index (χ2v) is 5.83. The van der Waals surface area contributed by atoms with E-state index in [0.29, 0.717) is 0 Å². The van der Waals surface area contributed by atoms with Crippen LogP contribution < -0.4 is 15.9 Å². The van der Waals surface area contributed by atoms with E-state index in [1.54, 1.807) is 6.07 Å². The Bertz CT molecular complexity index is 1170. The van der Waals surface area contributed by atoms with Crippen LogP contribution in [0.3, 0.4) is 0 Å². The maximum atomic E-state index is 14.0. The van der Waals surface area contributed by atoms with Gasteiger partial charge in [-0.25, -0.2) is 14.1 Å². The number of aromatic nitrogens is 2. The number of hydrogen-bond acceptors (Lipinski definition) is 5. The zero-order chi connectivity index (χ0) is 21.7. The van der Waals surface area contributed by atoms with Crippen LogP contribution in [0.1, 0.15) is 5.69 Å². The van der Waals surface area contributed by atoms with Gasteiger partial charge in [-0.2, -0.15) is 5.10 Å². The average molecular weight is 418 g/mol. The zero-order valence-corrected chi connectivity index (χ0v) is 15.2. The fourth-order valence-electron chi connectivity index (χ4n) is 2.48. The van der Waals surface area contributed by atoms with Crippen molar-refractivity contribution in [2.45, 2.75) is 6.36 Å². The fraction of sp³-hybridized carbons (Fsp3) is 0.0500. The molecule has 3 rings (SSSR count). The summed E-state index contributed by atoms with van der Waals surface area (Å²) in [5.41, 5.74) is 4.84. The Hall–Kier alpha value is -3.95. The van der Waals surface area contributed by atoms with Gasteiger partial charge in [-0.1, -0.05) is 18.2 Å². The van der Waals surface area contributed by atoms with Crippen molar-refractivity contribution in [1.29, 1.82) is 0 Å². The molecule has 0 unspecified atom stereocenters. The van der Waals surface area contributed by atoms with Crippen molar-refractivity contribution >= 4 is 11.4 Å². The molecule has 0 amide bonds. The first-order chi connectivity index (χ1) is 14.3. The minimum atomic E-state index is -4.85. The van der Waals surface area contributed by atoms with Crippen LogP contribution >= 0.6 is 0 Å². The number of aliphatic imine (C=N–C) groups is 1. The molecule has 2 aromatic carbocycles. The van der Waals surface area contributed by atoms with Crippen LogP contribution in [0.5, 0.6) is 5.75 Å². The lowest BCUT2D eigenvalue weighted by molar-refractivity contribution is -0.274. The fourth-order valence-corrected chi connectivity index (χ4v) is 2.48.